The lowest BCUT2D eigenvalue weighted by atomic mass is 9.67. The molecule has 4 rings (SSSR count). The maximum Gasteiger partial charge on any atom is 0.304 e. The number of amides is 1. The molecule has 0 aliphatic carbocycles. The number of hydrogen-bond donors (Lipinski definition) is 1. The molecular formula is C24H21Cl2N3O3. The van der Waals surface area contributed by atoms with Crippen LogP contribution in [-0.4, -0.2) is 27.0 Å². The van der Waals surface area contributed by atoms with Crippen molar-refractivity contribution < 1.29 is 14.7 Å². The van der Waals surface area contributed by atoms with Crippen molar-refractivity contribution in [3.05, 3.63) is 88.3 Å². The molecule has 0 spiro atoms. The number of carboxylic acid groups (broad SMARTS) is 1. The fourth-order valence-corrected chi connectivity index (χ4v) is 4.84. The van der Waals surface area contributed by atoms with E-state index < -0.39 is 17.4 Å². The van der Waals surface area contributed by atoms with E-state index >= 15 is 0 Å². The van der Waals surface area contributed by atoms with E-state index in [4.69, 9.17) is 23.2 Å². The van der Waals surface area contributed by atoms with Crippen LogP contribution in [0, 0.1) is 5.41 Å². The summed E-state index contributed by atoms with van der Waals surface area (Å²) in [5.41, 5.74) is 0.650. The molecule has 1 aliphatic heterocycles. The molecule has 1 N–H and O–H groups in total. The second-order valence-electron chi connectivity index (χ2n) is 8.24. The number of carbonyl (C=O) groups is 2. The molecule has 1 aliphatic rings. The lowest BCUT2D eigenvalue weighted by Gasteiger charge is -2.48. The summed E-state index contributed by atoms with van der Waals surface area (Å²) in [6.45, 7) is 1.70. The molecule has 0 radical (unpaired) electrons. The Bertz CT molecular complexity index is 1140. The van der Waals surface area contributed by atoms with Gasteiger partial charge >= 0.3 is 5.97 Å². The highest BCUT2D eigenvalue weighted by atomic mass is 35.5. The molecule has 1 aromatic heterocycles. The first-order chi connectivity index (χ1) is 15.3. The van der Waals surface area contributed by atoms with Gasteiger partial charge in [-0.05, 0) is 47.9 Å². The van der Waals surface area contributed by atoms with Gasteiger partial charge in [0, 0.05) is 22.2 Å². The van der Waals surface area contributed by atoms with Gasteiger partial charge in [-0.25, -0.2) is 9.97 Å². The highest BCUT2D eigenvalue weighted by Crippen LogP contribution is 2.52. The lowest BCUT2D eigenvalue weighted by Crippen LogP contribution is -2.53. The van der Waals surface area contributed by atoms with Gasteiger partial charge < -0.3 is 5.11 Å². The van der Waals surface area contributed by atoms with Crippen molar-refractivity contribution in [1.82, 2.24) is 9.97 Å². The molecule has 3 atom stereocenters. The molecule has 1 fully saturated rings. The number of aromatic nitrogens is 2. The van der Waals surface area contributed by atoms with Gasteiger partial charge in [0.15, 0.2) is 0 Å². The van der Waals surface area contributed by atoms with Gasteiger partial charge in [0.25, 0.3) is 0 Å². The average molecular weight is 470 g/mol. The third-order valence-corrected chi connectivity index (χ3v) is 6.39. The van der Waals surface area contributed by atoms with Crippen molar-refractivity contribution >= 4 is 40.9 Å². The molecule has 2 aromatic carbocycles. The van der Waals surface area contributed by atoms with Crippen molar-refractivity contribution in [1.29, 1.82) is 0 Å². The molecule has 0 saturated carbocycles. The zero-order valence-corrected chi connectivity index (χ0v) is 18.8. The fraction of sp³-hybridized carbons (Fsp3) is 0.250. The molecule has 2 heterocycles. The van der Waals surface area contributed by atoms with Crippen LogP contribution in [0.15, 0.2) is 67.1 Å². The topological polar surface area (TPSA) is 83.4 Å². The maximum absolute atomic E-state index is 13.8. The molecule has 0 bridgehead atoms. The third-order valence-electron chi connectivity index (χ3n) is 5.91. The second kappa shape index (κ2) is 8.88. The Hall–Kier alpha value is -2.96. The highest BCUT2D eigenvalue weighted by molar-refractivity contribution is 6.30. The number of hydrogen-bond acceptors (Lipinski definition) is 4. The summed E-state index contributed by atoms with van der Waals surface area (Å²) in [4.78, 5) is 35.4. The SMILES string of the molecule is C[C@]1(CC(=O)O)C[C@H](c2cccc(Cl)c2)[C@@H](c2ccc(Cl)cc2)N(c2ccncn2)C1=O. The Morgan fingerprint density at radius 3 is 2.50 bits per heavy atom. The number of aliphatic carboxylic acids is 1. The molecule has 0 unspecified atom stereocenters. The summed E-state index contributed by atoms with van der Waals surface area (Å²) < 4.78 is 0. The molecular weight excluding hydrogens is 449 g/mol. The Labute approximate surface area is 195 Å². The Kier molecular flexibility index (Phi) is 6.17. The number of carbonyl (C=O) groups excluding carboxylic acids is 1. The van der Waals surface area contributed by atoms with E-state index in [1.165, 1.54) is 6.33 Å². The smallest absolute Gasteiger partial charge is 0.304 e. The summed E-state index contributed by atoms with van der Waals surface area (Å²) in [5.74, 6) is -1.14. The van der Waals surface area contributed by atoms with Crippen LogP contribution >= 0.6 is 23.2 Å². The number of halogens is 2. The molecule has 8 heteroatoms. The molecule has 32 heavy (non-hydrogen) atoms. The Morgan fingerprint density at radius 1 is 1.12 bits per heavy atom. The van der Waals surface area contributed by atoms with Gasteiger partial charge in [-0.15, -0.1) is 0 Å². The van der Waals surface area contributed by atoms with Crippen LogP contribution in [0.4, 0.5) is 5.82 Å². The van der Waals surface area contributed by atoms with E-state index in [0.29, 0.717) is 22.3 Å². The predicted octanol–water partition coefficient (Wildman–Crippen LogP) is 5.53. The van der Waals surface area contributed by atoms with Crippen LogP contribution in [0.1, 0.15) is 42.9 Å². The van der Waals surface area contributed by atoms with Gasteiger partial charge in [0.2, 0.25) is 5.91 Å². The minimum atomic E-state index is -1.13. The van der Waals surface area contributed by atoms with Gasteiger partial charge in [0.1, 0.15) is 12.1 Å². The third kappa shape index (κ3) is 4.33. The quantitative estimate of drug-likeness (QED) is 0.531. The molecule has 1 saturated heterocycles. The van der Waals surface area contributed by atoms with Crippen LogP contribution in [0.2, 0.25) is 10.0 Å². The molecule has 1 amide bonds. The van der Waals surface area contributed by atoms with E-state index in [-0.39, 0.29) is 18.2 Å². The van der Waals surface area contributed by atoms with Gasteiger partial charge in [-0.1, -0.05) is 54.4 Å². The maximum atomic E-state index is 13.8. The average Bonchev–Trinajstić information content (AvgIpc) is 2.76. The first-order valence-corrected chi connectivity index (χ1v) is 10.9. The second-order valence-corrected chi connectivity index (χ2v) is 9.11. The van der Waals surface area contributed by atoms with Crippen LogP contribution < -0.4 is 4.90 Å². The number of nitrogens with zero attached hydrogens (tertiary/aromatic N) is 3. The minimum absolute atomic E-state index is 0.230. The molecule has 6 nitrogen and oxygen atoms in total. The van der Waals surface area contributed by atoms with Crippen LogP contribution in [0.5, 0.6) is 0 Å². The van der Waals surface area contributed by atoms with Crippen LogP contribution in [0.25, 0.3) is 0 Å². The lowest BCUT2D eigenvalue weighted by molar-refractivity contribution is -0.145. The summed E-state index contributed by atoms with van der Waals surface area (Å²) in [6.07, 6.45) is 2.98. The Morgan fingerprint density at radius 2 is 1.88 bits per heavy atom. The van der Waals surface area contributed by atoms with E-state index in [0.717, 1.165) is 11.1 Å². The van der Waals surface area contributed by atoms with Crippen molar-refractivity contribution in [2.45, 2.75) is 31.7 Å². The summed E-state index contributed by atoms with van der Waals surface area (Å²) >= 11 is 12.4. The minimum Gasteiger partial charge on any atom is -0.481 e. The van der Waals surface area contributed by atoms with E-state index in [1.54, 1.807) is 42.3 Å². The van der Waals surface area contributed by atoms with Crippen molar-refractivity contribution in [2.75, 3.05) is 4.90 Å². The van der Waals surface area contributed by atoms with Gasteiger partial charge in [0.05, 0.1) is 17.9 Å². The van der Waals surface area contributed by atoms with Crippen molar-refractivity contribution in [2.24, 2.45) is 5.41 Å². The highest BCUT2D eigenvalue weighted by Gasteiger charge is 2.51. The number of benzene rings is 2. The van der Waals surface area contributed by atoms with Gasteiger partial charge in [-0.2, -0.15) is 0 Å². The first-order valence-electron chi connectivity index (χ1n) is 10.1. The molecule has 164 valence electrons. The monoisotopic (exact) mass is 469 g/mol. The summed E-state index contributed by atoms with van der Waals surface area (Å²) in [5, 5.41) is 10.7. The number of anilines is 1. The number of piperidine rings is 1. The zero-order chi connectivity index (χ0) is 22.9. The van der Waals surface area contributed by atoms with Crippen molar-refractivity contribution in [3.8, 4) is 0 Å². The van der Waals surface area contributed by atoms with E-state index in [9.17, 15) is 14.7 Å². The number of carboxylic acids is 1. The summed E-state index contributed by atoms with van der Waals surface area (Å²) in [6, 6.07) is 16.0. The normalized spacial score (nSPS) is 23.2. The predicted molar refractivity (Wildman–Crippen MR) is 123 cm³/mol. The largest absolute Gasteiger partial charge is 0.481 e. The summed E-state index contributed by atoms with van der Waals surface area (Å²) in [7, 11) is 0. The number of rotatable bonds is 5. The van der Waals surface area contributed by atoms with Gasteiger partial charge in [-0.3, -0.25) is 14.5 Å². The first kappa shape index (κ1) is 22.2. The van der Waals surface area contributed by atoms with Crippen molar-refractivity contribution in [3.63, 3.8) is 0 Å². The van der Waals surface area contributed by atoms with Crippen LogP contribution in [-0.2, 0) is 9.59 Å². The zero-order valence-electron chi connectivity index (χ0n) is 17.3. The Balaban J connectivity index is 1.94. The van der Waals surface area contributed by atoms with E-state index in [1.807, 2.05) is 30.3 Å². The van der Waals surface area contributed by atoms with E-state index in [2.05, 4.69) is 9.97 Å². The fourth-order valence-electron chi connectivity index (χ4n) is 4.51. The van der Waals surface area contributed by atoms with Crippen LogP contribution in [0.3, 0.4) is 0 Å². The molecule has 3 aromatic rings. The standard InChI is InChI=1S/C24H21Cl2N3O3/c1-24(13-21(30)31)12-19(16-3-2-4-18(26)11-16)22(15-5-7-17(25)8-6-15)29(23(24)32)20-9-10-27-14-28-20/h2-11,14,19,22H,12-13H2,1H3,(H,30,31)/t19-,22-,24-/m1/s1.